The van der Waals surface area contributed by atoms with E-state index in [1.54, 1.807) is 29.3 Å². The van der Waals surface area contributed by atoms with Crippen LogP contribution < -0.4 is 0 Å². The Bertz CT molecular complexity index is 859. The van der Waals surface area contributed by atoms with Gasteiger partial charge < -0.3 is 9.64 Å². The molecule has 0 aliphatic carbocycles. The average molecular weight is 390 g/mol. The van der Waals surface area contributed by atoms with Crippen molar-refractivity contribution < 1.29 is 14.3 Å². The van der Waals surface area contributed by atoms with Crippen molar-refractivity contribution in [2.75, 3.05) is 0 Å². The minimum absolute atomic E-state index is 0.0123. The van der Waals surface area contributed by atoms with Gasteiger partial charge in [0.25, 0.3) is 0 Å². The molecule has 3 rings (SSSR count). The largest absolute Gasteiger partial charge is 0.461 e. The van der Waals surface area contributed by atoms with Gasteiger partial charge in [-0.05, 0) is 29.3 Å². The molecule has 0 radical (unpaired) electrons. The third-order valence-electron chi connectivity index (χ3n) is 4.27. The first-order chi connectivity index (χ1) is 12.5. The Morgan fingerprint density at radius 3 is 2.46 bits per heavy atom. The second kappa shape index (κ2) is 7.94. The maximum atomic E-state index is 12.4. The summed E-state index contributed by atoms with van der Waals surface area (Å²) >= 11 is 12.2. The van der Waals surface area contributed by atoms with Crippen LogP contribution in [0.5, 0.6) is 0 Å². The summed E-state index contributed by atoms with van der Waals surface area (Å²) in [5, 5.41) is 0.892. The molecule has 0 unspecified atom stereocenters. The normalized spacial score (nSPS) is 15.5. The number of carbonyl (C=O) groups is 2. The van der Waals surface area contributed by atoms with Gasteiger partial charge >= 0.3 is 5.97 Å². The lowest BCUT2D eigenvalue weighted by Crippen LogP contribution is -2.32. The van der Waals surface area contributed by atoms with Crippen molar-refractivity contribution >= 4 is 41.2 Å². The van der Waals surface area contributed by atoms with Crippen LogP contribution in [0.25, 0.3) is 6.08 Å². The summed E-state index contributed by atoms with van der Waals surface area (Å²) in [6, 6.07) is 12.4. The van der Waals surface area contributed by atoms with E-state index < -0.39 is 12.0 Å². The molecule has 1 aliphatic rings. The molecule has 2 aromatic carbocycles. The molecule has 134 valence electrons. The number of benzene rings is 2. The Balaban J connectivity index is 1.74. The topological polar surface area (TPSA) is 46.6 Å². The van der Waals surface area contributed by atoms with Gasteiger partial charge in [0, 0.05) is 28.7 Å². The van der Waals surface area contributed by atoms with E-state index in [0.29, 0.717) is 15.6 Å². The summed E-state index contributed by atoms with van der Waals surface area (Å²) in [4.78, 5) is 25.9. The van der Waals surface area contributed by atoms with Crippen molar-refractivity contribution in [3.05, 3.63) is 75.4 Å². The number of rotatable bonds is 4. The number of esters is 1. The van der Waals surface area contributed by atoms with Crippen molar-refractivity contribution in [1.29, 1.82) is 0 Å². The van der Waals surface area contributed by atoms with Crippen LogP contribution in [0.15, 0.2) is 48.7 Å². The van der Waals surface area contributed by atoms with Crippen LogP contribution >= 0.6 is 23.2 Å². The first-order valence-electron chi connectivity index (χ1n) is 8.12. The fourth-order valence-electron chi connectivity index (χ4n) is 2.95. The highest BCUT2D eigenvalue weighted by molar-refractivity contribution is 6.35. The smallest absolute Gasteiger partial charge is 0.308 e. The van der Waals surface area contributed by atoms with E-state index >= 15 is 0 Å². The molecule has 2 aromatic rings. The van der Waals surface area contributed by atoms with Gasteiger partial charge in [-0.25, -0.2) is 0 Å². The molecule has 0 aromatic heterocycles. The standard InChI is InChI=1S/C20H17Cl2NO3/c1-13(24)23-10-9-14-5-2-3-6-15(14)19(23)11-20(25)26-12-16-17(21)7-4-8-18(16)22/h2-10,19H,11-12H2,1H3/t19-/m0/s1. The minimum atomic E-state index is -0.428. The predicted octanol–water partition coefficient (Wildman–Crippen LogP) is 5.00. The molecule has 1 heterocycles. The molecule has 6 heteroatoms. The van der Waals surface area contributed by atoms with Crippen LogP contribution in [-0.4, -0.2) is 16.8 Å². The van der Waals surface area contributed by atoms with Crippen LogP contribution in [0.3, 0.4) is 0 Å². The number of hydrogen-bond acceptors (Lipinski definition) is 3. The fraction of sp³-hybridized carbons (Fsp3) is 0.200. The van der Waals surface area contributed by atoms with Crippen molar-refractivity contribution in [2.45, 2.75) is 26.0 Å². The molecular weight excluding hydrogens is 373 g/mol. The molecule has 1 aliphatic heterocycles. The van der Waals surface area contributed by atoms with Gasteiger partial charge in [0.15, 0.2) is 0 Å². The number of fused-ring (bicyclic) bond motifs is 1. The first kappa shape index (κ1) is 18.5. The zero-order valence-corrected chi connectivity index (χ0v) is 15.6. The van der Waals surface area contributed by atoms with Gasteiger partial charge in [-0.15, -0.1) is 0 Å². The quantitative estimate of drug-likeness (QED) is 0.691. The highest BCUT2D eigenvalue weighted by Gasteiger charge is 2.28. The summed E-state index contributed by atoms with van der Waals surface area (Å²) in [6.45, 7) is 1.46. The lowest BCUT2D eigenvalue weighted by atomic mass is 9.94. The lowest BCUT2D eigenvalue weighted by molar-refractivity contribution is -0.146. The van der Waals surface area contributed by atoms with E-state index in [0.717, 1.165) is 11.1 Å². The third-order valence-corrected chi connectivity index (χ3v) is 4.98. The average Bonchev–Trinajstić information content (AvgIpc) is 2.61. The molecule has 0 saturated carbocycles. The van der Waals surface area contributed by atoms with Crippen molar-refractivity contribution in [3.63, 3.8) is 0 Å². The summed E-state index contributed by atoms with van der Waals surface area (Å²) in [7, 11) is 0. The molecule has 0 N–H and O–H groups in total. The van der Waals surface area contributed by atoms with E-state index in [1.165, 1.54) is 6.92 Å². The number of nitrogens with zero attached hydrogens (tertiary/aromatic N) is 1. The fourth-order valence-corrected chi connectivity index (χ4v) is 3.46. The van der Waals surface area contributed by atoms with Crippen LogP contribution in [0.2, 0.25) is 10.0 Å². The monoisotopic (exact) mass is 389 g/mol. The van der Waals surface area contributed by atoms with Gasteiger partial charge in [0.05, 0.1) is 12.5 Å². The highest BCUT2D eigenvalue weighted by Crippen LogP contribution is 2.33. The Kier molecular flexibility index (Phi) is 5.64. The number of hydrogen-bond donors (Lipinski definition) is 0. The summed E-state index contributed by atoms with van der Waals surface area (Å²) < 4.78 is 5.37. The van der Waals surface area contributed by atoms with Crippen LogP contribution in [0, 0.1) is 0 Å². The molecule has 4 nitrogen and oxygen atoms in total. The molecular formula is C20H17Cl2NO3. The zero-order chi connectivity index (χ0) is 18.7. The molecule has 0 bridgehead atoms. The second-order valence-corrected chi connectivity index (χ2v) is 6.77. The van der Waals surface area contributed by atoms with Gasteiger partial charge in [-0.2, -0.15) is 0 Å². The van der Waals surface area contributed by atoms with Crippen molar-refractivity contribution in [1.82, 2.24) is 4.90 Å². The highest BCUT2D eigenvalue weighted by atomic mass is 35.5. The van der Waals surface area contributed by atoms with E-state index in [4.69, 9.17) is 27.9 Å². The second-order valence-electron chi connectivity index (χ2n) is 5.95. The SMILES string of the molecule is CC(=O)N1C=Cc2ccccc2[C@@H]1CC(=O)OCc1c(Cl)cccc1Cl. The van der Waals surface area contributed by atoms with Gasteiger partial charge in [-0.1, -0.05) is 53.5 Å². The Labute approximate surface area is 162 Å². The Morgan fingerprint density at radius 2 is 1.77 bits per heavy atom. The molecule has 1 amide bonds. The summed E-state index contributed by atoms with van der Waals surface area (Å²) in [6.07, 6.45) is 3.61. The molecule has 26 heavy (non-hydrogen) atoms. The number of carbonyl (C=O) groups excluding carboxylic acids is 2. The zero-order valence-electron chi connectivity index (χ0n) is 14.1. The number of halogens is 2. The predicted molar refractivity (Wildman–Crippen MR) is 102 cm³/mol. The third kappa shape index (κ3) is 3.92. The van der Waals surface area contributed by atoms with E-state index in [1.807, 2.05) is 30.3 Å². The Morgan fingerprint density at radius 1 is 1.08 bits per heavy atom. The Hall–Kier alpha value is -2.30. The van der Waals surface area contributed by atoms with Gasteiger partial charge in [0.1, 0.15) is 6.61 Å². The van der Waals surface area contributed by atoms with E-state index in [2.05, 4.69) is 0 Å². The van der Waals surface area contributed by atoms with Crippen molar-refractivity contribution in [2.24, 2.45) is 0 Å². The summed E-state index contributed by atoms with van der Waals surface area (Å²) in [5.74, 6) is -0.565. The van der Waals surface area contributed by atoms with E-state index in [9.17, 15) is 9.59 Å². The van der Waals surface area contributed by atoms with Gasteiger partial charge in [0.2, 0.25) is 5.91 Å². The lowest BCUT2D eigenvalue weighted by Gasteiger charge is -2.32. The molecule has 1 atom stereocenters. The first-order valence-corrected chi connectivity index (χ1v) is 8.87. The van der Waals surface area contributed by atoms with Crippen LogP contribution in [0.1, 0.15) is 36.1 Å². The van der Waals surface area contributed by atoms with E-state index in [-0.39, 0.29) is 18.9 Å². The molecule has 0 spiro atoms. The minimum Gasteiger partial charge on any atom is -0.461 e. The van der Waals surface area contributed by atoms with Crippen molar-refractivity contribution in [3.8, 4) is 0 Å². The summed E-state index contributed by atoms with van der Waals surface area (Å²) in [5.41, 5.74) is 2.46. The van der Waals surface area contributed by atoms with Gasteiger partial charge in [-0.3, -0.25) is 9.59 Å². The van der Waals surface area contributed by atoms with Crippen LogP contribution in [0.4, 0.5) is 0 Å². The van der Waals surface area contributed by atoms with Crippen LogP contribution in [-0.2, 0) is 20.9 Å². The molecule has 0 fully saturated rings. The number of amides is 1. The maximum absolute atomic E-state index is 12.4. The number of ether oxygens (including phenoxy) is 1. The maximum Gasteiger partial charge on any atom is 0.308 e. The molecule has 0 saturated heterocycles.